The third-order valence-electron chi connectivity index (χ3n) is 2.44. The van der Waals surface area contributed by atoms with Crippen LogP contribution in [-0.4, -0.2) is 30.8 Å². The number of ether oxygens (including phenoxy) is 1. The van der Waals surface area contributed by atoms with Crippen LogP contribution in [0.2, 0.25) is 0 Å². The van der Waals surface area contributed by atoms with Gasteiger partial charge >= 0.3 is 6.09 Å². The summed E-state index contributed by atoms with van der Waals surface area (Å²) in [5, 5.41) is 10.4. The molecule has 0 saturated heterocycles. The van der Waals surface area contributed by atoms with Gasteiger partial charge < -0.3 is 15.4 Å². The molecule has 0 aromatic carbocycles. The fraction of sp³-hybridized carbons (Fsp3) is 0.643. The lowest BCUT2D eigenvalue weighted by Gasteiger charge is -2.21. The van der Waals surface area contributed by atoms with Crippen LogP contribution < -0.4 is 10.6 Å². The number of nitrogens with one attached hydrogen (secondary N) is 2. The van der Waals surface area contributed by atoms with Crippen molar-refractivity contribution in [2.75, 3.05) is 13.1 Å². The summed E-state index contributed by atoms with van der Waals surface area (Å²) in [6.07, 6.45) is 0.652. The van der Waals surface area contributed by atoms with E-state index in [0.717, 1.165) is 13.0 Å². The average Bonchev–Trinajstić information content (AvgIpc) is 2.77. The van der Waals surface area contributed by atoms with Crippen molar-refractivity contribution in [2.24, 2.45) is 0 Å². The zero-order chi connectivity index (χ0) is 14.3. The first-order chi connectivity index (χ1) is 8.87. The summed E-state index contributed by atoms with van der Waals surface area (Å²) >= 11 is 1.72. The lowest BCUT2D eigenvalue weighted by molar-refractivity contribution is 0.0523. The highest BCUT2D eigenvalue weighted by atomic mass is 32.1. The molecule has 1 aromatic heterocycles. The van der Waals surface area contributed by atoms with Gasteiger partial charge in [0.25, 0.3) is 0 Å². The van der Waals surface area contributed by atoms with E-state index in [9.17, 15) is 4.79 Å². The smallest absolute Gasteiger partial charge is 0.407 e. The predicted molar refractivity (Wildman–Crippen MR) is 79.7 cm³/mol. The molecule has 0 radical (unpaired) electrons. The van der Waals surface area contributed by atoms with Gasteiger partial charge in [-0.3, -0.25) is 0 Å². The van der Waals surface area contributed by atoms with Crippen LogP contribution in [0.15, 0.2) is 16.8 Å². The Morgan fingerprint density at radius 1 is 1.47 bits per heavy atom. The van der Waals surface area contributed by atoms with E-state index in [4.69, 9.17) is 4.74 Å². The van der Waals surface area contributed by atoms with Gasteiger partial charge in [0.1, 0.15) is 5.60 Å². The van der Waals surface area contributed by atoms with Crippen LogP contribution in [-0.2, 0) is 11.2 Å². The number of carbonyl (C=O) groups excluding carboxylic acids is 1. The predicted octanol–water partition coefficient (Wildman–Crippen LogP) is 2.79. The number of alkyl carbamates (subject to hydrolysis) is 1. The van der Waals surface area contributed by atoms with Crippen LogP contribution >= 0.6 is 11.3 Å². The van der Waals surface area contributed by atoms with E-state index in [-0.39, 0.29) is 12.1 Å². The van der Waals surface area contributed by atoms with Gasteiger partial charge in [0.15, 0.2) is 0 Å². The van der Waals surface area contributed by atoms with Crippen molar-refractivity contribution in [1.29, 1.82) is 0 Å². The van der Waals surface area contributed by atoms with Crippen LogP contribution in [0.5, 0.6) is 0 Å². The first-order valence-electron chi connectivity index (χ1n) is 6.58. The van der Waals surface area contributed by atoms with Gasteiger partial charge in [-0.1, -0.05) is 0 Å². The molecule has 108 valence electrons. The van der Waals surface area contributed by atoms with Crippen LogP contribution in [0.25, 0.3) is 0 Å². The molecule has 0 saturated carbocycles. The Hall–Kier alpha value is -1.07. The fourth-order valence-corrected chi connectivity index (χ4v) is 2.22. The topological polar surface area (TPSA) is 50.4 Å². The van der Waals surface area contributed by atoms with E-state index < -0.39 is 5.60 Å². The third-order valence-corrected chi connectivity index (χ3v) is 3.17. The molecule has 1 atom stereocenters. The first-order valence-corrected chi connectivity index (χ1v) is 7.52. The second-order valence-electron chi connectivity index (χ2n) is 5.62. The van der Waals surface area contributed by atoms with E-state index in [1.54, 1.807) is 11.3 Å². The minimum Gasteiger partial charge on any atom is -0.444 e. The second kappa shape index (κ2) is 7.50. The molecule has 0 aliphatic heterocycles. The molecule has 2 N–H and O–H groups in total. The Balaban J connectivity index is 2.10. The van der Waals surface area contributed by atoms with Crippen molar-refractivity contribution in [3.8, 4) is 0 Å². The minimum atomic E-state index is -0.445. The van der Waals surface area contributed by atoms with Gasteiger partial charge in [0, 0.05) is 12.6 Å². The van der Waals surface area contributed by atoms with Crippen LogP contribution in [0, 0.1) is 0 Å². The molecule has 0 aliphatic rings. The number of rotatable bonds is 6. The largest absolute Gasteiger partial charge is 0.444 e. The van der Waals surface area contributed by atoms with Crippen molar-refractivity contribution < 1.29 is 9.53 Å². The number of carbonyl (C=O) groups is 1. The van der Waals surface area contributed by atoms with Gasteiger partial charge in [-0.15, -0.1) is 0 Å². The van der Waals surface area contributed by atoms with E-state index in [1.807, 2.05) is 27.7 Å². The Labute approximate surface area is 119 Å². The maximum absolute atomic E-state index is 11.5. The van der Waals surface area contributed by atoms with Gasteiger partial charge in [-0.25, -0.2) is 4.79 Å². The van der Waals surface area contributed by atoms with Crippen molar-refractivity contribution >= 4 is 17.4 Å². The highest BCUT2D eigenvalue weighted by Gasteiger charge is 2.16. The standard InChI is InChI=1S/C14H24N2O2S/c1-11(9-16-13(17)18-14(2,3)4)15-7-5-12-6-8-19-10-12/h6,8,10-11,15H,5,7,9H2,1-4H3,(H,16,17). The first kappa shape index (κ1) is 16.0. The minimum absolute atomic E-state index is 0.228. The van der Waals surface area contributed by atoms with Crippen molar-refractivity contribution in [3.63, 3.8) is 0 Å². The van der Waals surface area contributed by atoms with Crippen molar-refractivity contribution in [2.45, 2.75) is 45.8 Å². The zero-order valence-corrected chi connectivity index (χ0v) is 13.0. The fourth-order valence-electron chi connectivity index (χ4n) is 1.52. The van der Waals surface area contributed by atoms with E-state index >= 15 is 0 Å². The zero-order valence-electron chi connectivity index (χ0n) is 12.2. The Morgan fingerprint density at radius 2 is 2.21 bits per heavy atom. The normalized spacial score (nSPS) is 13.1. The van der Waals surface area contributed by atoms with Crippen molar-refractivity contribution in [3.05, 3.63) is 22.4 Å². The number of thiophene rings is 1. The molecular weight excluding hydrogens is 260 g/mol. The molecule has 5 heteroatoms. The Bertz CT molecular complexity index is 371. The molecule has 0 aliphatic carbocycles. The maximum atomic E-state index is 11.5. The SMILES string of the molecule is CC(CNC(=O)OC(C)(C)C)NCCc1ccsc1. The summed E-state index contributed by atoms with van der Waals surface area (Å²) in [5.41, 5.74) is 0.907. The van der Waals surface area contributed by atoms with Crippen molar-refractivity contribution in [1.82, 2.24) is 10.6 Å². The number of hydrogen-bond acceptors (Lipinski definition) is 4. The molecular formula is C14H24N2O2S. The molecule has 0 bridgehead atoms. The molecule has 1 unspecified atom stereocenters. The van der Waals surface area contributed by atoms with Gasteiger partial charge in [0.2, 0.25) is 0 Å². The lowest BCUT2D eigenvalue weighted by Crippen LogP contribution is -2.41. The monoisotopic (exact) mass is 284 g/mol. The molecule has 0 fully saturated rings. The number of hydrogen-bond donors (Lipinski definition) is 2. The highest BCUT2D eigenvalue weighted by Crippen LogP contribution is 2.07. The molecule has 1 heterocycles. The second-order valence-corrected chi connectivity index (χ2v) is 6.40. The molecule has 19 heavy (non-hydrogen) atoms. The third kappa shape index (κ3) is 7.85. The highest BCUT2D eigenvalue weighted by molar-refractivity contribution is 7.07. The van der Waals surface area contributed by atoms with Gasteiger partial charge in [0.05, 0.1) is 0 Å². The molecule has 4 nitrogen and oxygen atoms in total. The average molecular weight is 284 g/mol. The van der Waals surface area contributed by atoms with E-state index in [2.05, 4.69) is 27.5 Å². The summed E-state index contributed by atoms with van der Waals surface area (Å²) in [6, 6.07) is 2.36. The van der Waals surface area contributed by atoms with Gasteiger partial charge in [-0.2, -0.15) is 11.3 Å². The lowest BCUT2D eigenvalue weighted by atomic mass is 10.2. The summed E-state index contributed by atoms with van der Waals surface area (Å²) in [6.45, 7) is 9.09. The Kier molecular flexibility index (Phi) is 6.31. The molecule has 1 aromatic rings. The summed E-state index contributed by atoms with van der Waals surface area (Å²) in [7, 11) is 0. The molecule has 1 amide bonds. The number of amides is 1. The summed E-state index contributed by atoms with van der Waals surface area (Å²) in [5.74, 6) is 0. The molecule has 0 spiro atoms. The van der Waals surface area contributed by atoms with E-state index in [0.29, 0.717) is 6.54 Å². The summed E-state index contributed by atoms with van der Waals surface area (Å²) in [4.78, 5) is 11.5. The summed E-state index contributed by atoms with van der Waals surface area (Å²) < 4.78 is 5.18. The van der Waals surface area contributed by atoms with Crippen LogP contribution in [0.1, 0.15) is 33.3 Å². The Morgan fingerprint density at radius 3 is 2.79 bits per heavy atom. The quantitative estimate of drug-likeness (QED) is 0.844. The van der Waals surface area contributed by atoms with Crippen LogP contribution in [0.3, 0.4) is 0 Å². The maximum Gasteiger partial charge on any atom is 0.407 e. The molecule has 1 rings (SSSR count). The van der Waals surface area contributed by atoms with Gasteiger partial charge in [-0.05, 0) is 63.1 Å². The van der Waals surface area contributed by atoms with E-state index in [1.165, 1.54) is 5.56 Å². The van der Waals surface area contributed by atoms with Crippen LogP contribution in [0.4, 0.5) is 4.79 Å².